The molecular weight excluding hydrogens is 238 g/mol. The zero-order valence-electron chi connectivity index (χ0n) is 12.2. The van der Waals surface area contributed by atoms with Gasteiger partial charge in [0.15, 0.2) is 6.29 Å². The molecule has 104 valence electrons. The van der Waals surface area contributed by atoms with Crippen LogP contribution in [0.25, 0.3) is 0 Å². The third-order valence-corrected chi connectivity index (χ3v) is 2.91. The van der Waals surface area contributed by atoms with Crippen molar-refractivity contribution in [3.8, 4) is 5.75 Å². The number of aldehydes is 1. The Balaban J connectivity index is 2.98. The third kappa shape index (κ3) is 4.43. The fourth-order valence-corrected chi connectivity index (χ4v) is 1.78. The first-order valence-corrected chi connectivity index (χ1v) is 6.79. The summed E-state index contributed by atoms with van der Waals surface area (Å²) < 4.78 is 5.58. The Kier molecular flexibility index (Phi) is 6.13. The molecule has 1 rings (SSSR count). The lowest BCUT2D eigenvalue weighted by Gasteiger charge is -2.21. The van der Waals surface area contributed by atoms with E-state index in [2.05, 4.69) is 32.6 Å². The molecule has 1 aromatic rings. The molecule has 0 aromatic heterocycles. The summed E-state index contributed by atoms with van der Waals surface area (Å²) in [5.74, 6) is 1.03. The first kappa shape index (κ1) is 15.3. The number of hydrogen-bond acceptors (Lipinski definition) is 3. The summed E-state index contributed by atoms with van der Waals surface area (Å²) in [5, 5.41) is 0. The molecule has 0 saturated heterocycles. The molecule has 3 nitrogen and oxygen atoms in total. The summed E-state index contributed by atoms with van der Waals surface area (Å²) in [5.41, 5.74) is 1.65. The van der Waals surface area contributed by atoms with Crippen LogP contribution >= 0.6 is 0 Å². The van der Waals surface area contributed by atoms with Crippen LogP contribution in [0, 0.1) is 5.92 Å². The average molecular weight is 261 g/mol. The van der Waals surface area contributed by atoms with Gasteiger partial charge in [-0.2, -0.15) is 0 Å². The predicted molar refractivity (Wildman–Crippen MR) is 80.0 cm³/mol. The second kappa shape index (κ2) is 7.62. The van der Waals surface area contributed by atoms with E-state index in [1.165, 1.54) is 0 Å². The van der Waals surface area contributed by atoms with Crippen LogP contribution < -0.4 is 9.64 Å². The Labute approximate surface area is 115 Å². The first-order valence-electron chi connectivity index (χ1n) is 6.79. The SMILES string of the molecule is CCN(CC)c1ccc(C=O)c(OC=CC(C)C)c1. The standard InChI is InChI=1S/C16H23NO2/c1-5-17(6-2)15-8-7-14(12-18)16(11-15)19-10-9-13(3)4/h7-13H,5-6H2,1-4H3. The van der Waals surface area contributed by atoms with Gasteiger partial charge in [0.05, 0.1) is 11.8 Å². The number of ether oxygens (including phenoxy) is 1. The lowest BCUT2D eigenvalue weighted by Crippen LogP contribution is -2.21. The zero-order chi connectivity index (χ0) is 14.3. The molecule has 0 aliphatic carbocycles. The topological polar surface area (TPSA) is 29.5 Å². The second-order valence-corrected chi connectivity index (χ2v) is 4.70. The van der Waals surface area contributed by atoms with E-state index in [4.69, 9.17) is 4.74 Å². The zero-order valence-corrected chi connectivity index (χ0v) is 12.2. The van der Waals surface area contributed by atoms with E-state index in [0.29, 0.717) is 17.2 Å². The van der Waals surface area contributed by atoms with Crippen molar-refractivity contribution in [3.05, 3.63) is 36.1 Å². The van der Waals surface area contributed by atoms with Crippen molar-refractivity contribution in [1.29, 1.82) is 0 Å². The second-order valence-electron chi connectivity index (χ2n) is 4.70. The van der Waals surface area contributed by atoms with Crippen LogP contribution in [0.1, 0.15) is 38.1 Å². The van der Waals surface area contributed by atoms with Crippen LogP contribution in [-0.4, -0.2) is 19.4 Å². The number of anilines is 1. The van der Waals surface area contributed by atoms with E-state index in [-0.39, 0.29) is 0 Å². The van der Waals surface area contributed by atoms with Crippen LogP contribution in [0.3, 0.4) is 0 Å². The van der Waals surface area contributed by atoms with Crippen LogP contribution in [0.4, 0.5) is 5.69 Å². The number of carbonyl (C=O) groups excluding carboxylic acids is 1. The van der Waals surface area contributed by atoms with E-state index in [9.17, 15) is 4.79 Å². The normalized spacial score (nSPS) is 11.0. The molecule has 0 bridgehead atoms. The lowest BCUT2D eigenvalue weighted by molar-refractivity contribution is 0.112. The molecule has 1 aromatic carbocycles. The molecule has 0 atom stereocenters. The lowest BCUT2D eigenvalue weighted by atomic mass is 10.2. The number of rotatable bonds is 7. The predicted octanol–water partition coefficient (Wildman–Crippen LogP) is 3.89. The van der Waals surface area contributed by atoms with Gasteiger partial charge in [-0.05, 0) is 38.0 Å². The Hall–Kier alpha value is -1.77. The molecule has 0 unspecified atom stereocenters. The Morgan fingerprint density at radius 1 is 1.26 bits per heavy atom. The molecule has 0 heterocycles. The molecular formula is C16H23NO2. The molecule has 0 N–H and O–H groups in total. The quantitative estimate of drug-likeness (QED) is 0.551. The summed E-state index contributed by atoms with van der Waals surface area (Å²) in [6.07, 6.45) is 4.43. The highest BCUT2D eigenvalue weighted by atomic mass is 16.5. The van der Waals surface area contributed by atoms with E-state index in [0.717, 1.165) is 25.1 Å². The highest BCUT2D eigenvalue weighted by Gasteiger charge is 2.07. The van der Waals surface area contributed by atoms with Crippen molar-refractivity contribution in [1.82, 2.24) is 0 Å². The van der Waals surface area contributed by atoms with Gasteiger partial charge >= 0.3 is 0 Å². The maximum Gasteiger partial charge on any atom is 0.153 e. The molecule has 0 aliphatic heterocycles. The van der Waals surface area contributed by atoms with E-state index in [1.54, 1.807) is 12.3 Å². The van der Waals surface area contributed by atoms with Crippen molar-refractivity contribution in [2.45, 2.75) is 27.7 Å². The Bertz CT molecular complexity index is 434. The molecule has 0 amide bonds. The third-order valence-electron chi connectivity index (χ3n) is 2.91. The van der Waals surface area contributed by atoms with Gasteiger partial charge in [0, 0.05) is 24.8 Å². The number of allylic oxidation sites excluding steroid dienone is 1. The summed E-state index contributed by atoms with van der Waals surface area (Å²) in [7, 11) is 0. The minimum Gasteiger partial charge on any atom is -0.464 e. The molecule has 0 saturated carbocycles. The molecule has 19 heavy (non-hydrogen) atoms. The highest BCUT2D eigenvalue weighted by Crippen LogP contribution is 2.25. The van der Waals surface area contributed by atoms with E-state index < -0.39 is 0 Å². The summed E-state index contributed by atoms with van der Waals surface area (Å²) in [6, 6.07) is 5.68. The smallest absolute Gasteiger partial charge is 0.153 e. The van der Waals surface area contributed by atoms with Crippen molar-refractivity contribution >= 4 is 12.0 Å². The number of benzene rings is 1. The van der Waals surface area contributed by atoms with Crippen molar-refractivity contribution < 1.29 is 9.53 Å². The Morgan fingerprint density at radius 3 is 2.47 bits per heavy atom. The molecule has 0 spiro atoms. The van der Waals surface area contributed by atoms with Gasteiger partial charge in [0.2, 0.25) is 0 Å². The minimum atomic E-state index is 0.422. The van der Waals surface area contributed by atoms with Crippen molar-refractivity contribution in [2.75, 3.05) is 18.0 Å². The van der Waals surface area contributed by atoms with Gasteiger partial charge in [-0.25, -0.2) is 0 Å². The Morgan fingerprint density at radius 2 is 1.95 bits per heavy atom. The number of hydrogen-bond donors (Lipinski definition) is 0. The molecule has 0 radical (unpaired) electrons. The van der Waals surface area contributed by atoms with E-state index in [1.807, 2.05) is 18.2 Å². The van der Waals surface area contributed by atoms with Crippen LogP contribution in [0.2, 0.25) is 0 Å². The first-order chi connectivity index (χ1) is 9.12. The summed E-state index contributed by atoms with van der Waals surface area (Å²) >= 11 is 0. The van der Waals surface area contributed by atoms with Crippen LogP contribution in [0.5, 0.6) is 5.75 Å². The maximum absolute atomic E-state index is 11.0. The van der Waals surface area contributed by atoms with Gasteiger partial charge in [0.25, 0.3) is 0 Å². The number of carbonyl (C=O) groups is 1. The minimum absolute atomic E-state index is 0.422. The summed E-state index contributed by atoms with van der Waals surface area (Å²) in [6.45, 7) is 10.2. The van der Waals surface area contributed by atoms with Gasteiger partial charge < -0.3 is 9.64 Å². The largest absolute Gasteiger partial charge is 0.464 e. The monoisotopic (exact) mass is 261 g/mol. The molecule has 0 fully saturated rings. The van der Waals surface area contributed by atoms with Crippen LogP contribution in [-0.2, 0) is 0 Å². The van der Waals surface area contributed by atoms with Gasteiger partial charge in [-0.3, -0.25) is 4.79 Å². The van der Waals surface area contributed by atoms with Crippen molar-refractivity contribution in [2.24, 2.45) is 5.92 Å². The van der Waals surface area contributed by atoms with Gasteiger partial charge in [0.1, 0.15) is 5.75 Å². The fraction of sp³-hybridized carbons (Fsp3) is 0.438. The van der Waals surface area contributed by atoms with E-state index >= 15 is 0 Å². The molecule has 0 aliphatic rings. The average Bonchev–Trinajstić information content (AvgIpc) is 2.40. The van der Waals surface area contributed by atoms with Gasteiger partial charge in [-0.1, -0.05) is 13.8 Å². The van der Waals surface area contributed by atoms with Crippen LogP contribution in [0.15, 0.2) is 30.5 Å². The fourth-order valence-electron chi connectivity index (χ4n) is 1.78. The van der Waals surface area contributed by atoms with Gasteiger partial charge in [-0.15, -0.1) is 0 Å². The summed E-state index contributed by atoms with van der Waals surface area (Å²) in [4.78, 5) is 13.2. The molecule has 3 heteroatoms. The highest BCUT2D eigenvalue weighted by molar-refractivity contribution is 5.80. The maximum atomic E-state index is 11.0. The number of nitrogens with zero attached hydrogens (tertiary/aromatic N) is 1. The van der Waals surface area contributed by atoms with Crippen molar-refractivity contribution in [3.63, 3.8) is 0 Å².